The van der Waals surface area contributed by atoms with E-state index >= 15 is 0 Å². The van der Waals surface area contributed by atoms with E-state index in [0.717, 1.165) is 13.0 Å². The summed E-state index contributed by atoms with van der Waals surface area (Å²) in [6.45, 7) is 1.30. The van der Waals surface area contributed by atoms with Gasteiger partial charge < -0.3 is 10.4 Å². The number of benzene rings is 1. The Balaban J connectivity index is 1.89. The molecule has 1 fully saturated rings. The van der Waals surface area contributed by atoms with Crippen LogP contribution in [0.4, 0.5) is 5.69 Å². The highest BCUT2D eigenvalue weighted by Gasteiger charge is 2.26. The van der Waals surface area contributed by atoms with Gasteiger partial charge in [-0.05, 0) is 37.6 Å². The summed E-state index contributed by atoms with van der Waals surface area (Å²) >= 11 is 0. The molecule has 0 aromatic heterocycles. The Kier molecular flexibility index (Phi) is 4.90. The standard InChI is InChI=1S/C15H17N3O3/c16-8-11-3-1-5-13(7-11)17-14(19)10-18-6-2-4-12(9-18)15(20)21/h1,3,5,7,12H,2,4,6,9-10H2,(H,17,19)(H,20,21). The molecule has 110 valence electrons. The largest absolute Gasteiger partial charge is 0.481 e. The van der Waals surface area contributed by atoms with Crippen LogP contribution in [0.1, 0.15) is 18.4 Å². The van der Waals surface area contributed by atoms with Gasteiger partial charge in [0.1, 0.15) is 0 Å². The second-order valence-electron chi connectivity index (χ2n) is 5.15. The number of rotatable bonds is 4. The number of nitriles is 1. The minimum atomic E-state index is -0.804. The van der Waals surface area contributed by atoms with E-state index in [2.05, 4.69) is 5.32 Å². The molecule has 0 spiro atoms. The summed E-state index contributed by atoms with van der Waals surface area (Å²) in [6, 6.07) is 8.70. The zero-order valence-electron chi connectivity index (χ0n) is 11.6. The van der Waals surface area contributed by atoms with Gasteiger partial charge in [-0.2, -0.15) is 5.26 Å². The van der Waals surface area contributed by atoms with Crippen LogP contribution in [0.2, 0.25) is 0 Å². The number of aliphatic carboxylic acids is 1. The lowest BCUT2D eigenvalue weighted by Crippen LogP contribution is -2.42. The first-order chi connectivity index (χ1) is 10.1. The Labute approximate surface area is 123 Å². The van der Waals surface area contributed by atoms with Gasteiger partial charge in [-0.25, -0.2) is 0 Å². The summed E-state index contributed by atoms with van der Waals surface area (Å²) < 4.78 is 0. The fraction of sp³-hybridized carbons (Fsp3) is 0.400. The Morgan fingerprint density at radius 2 is 2.29 bits per heavy atom. The third-order valence-corrected chi connectivity index (χ3v) is 3.50. The number of carboxylic acid groups (broad SMARTS) is 1. The lowest BCUT2D eigenvalue weighted by atomic mass is 9.98. The molecule has 1 atom stereocenters. The number of carboxylic acids is 1. The molecule has 21 heavy (non-hydrogen) atoms. The summed E-state index contributed by atoms with van der Waals surface area (Å²) in [6.07, 6.45) is 1.45. The van der Waals surface area contributed by atoms with E-state index in [4.69, 9.17) is 10.4 Å². The van der Waals surface area contributed by atoms with E-state index < -0.39 is 11.9 Å². The second kappa shape index (κ2) is 6.86. The number of carbonyl (C=O) groups excluding carboxylic acids is 1. The summed E-state index contributed by atoms with van der Waals surface area (Å²) in [5.74, 6) is -1.40. The van der Waals surface area contributed by atoms with Crippen LogP contribution >= 0.6 is 0 Å². The van der Waals surface area contributed by atoms with Crippen molar-refractivity contribution < 1.29 is 14.7 Å². The number of amides is 1. The van der Waals surface area contributed by atoms with Crippen LogP contribution < -0.4 is 5.32 Å². The van der Waals surface area contributed by atoms with Crippen molar-refractivity contribution >= 4 is 17.6 Å². The number of nitrogens with zero attached hydrogens (tertiary/aromatic N) is 2. The quantitative estimate of drug-likeness (QED) is 0.870. The number of anilines is 1. The van der Waals surface area contributed by atoms with Crippen LogP contribution in [0, 0.1) is 17.2 Å². The fourth-order valence-electron chi connectivity index (χ4n) is 2.47. The van der Waals surface area contributed by atoms with Gasteiger partial charge in [-0.1, -0.05) is 6.07 Å². The molecular weight excluding hydrogens is 270 g/mol. The first kappa shape index (κ1) is 15.0. The second-order valence-corrected chi connectivity index (χ2v) is 5.15. The zero-order valence-corrected chi connectivity index (χ0v) is 11.6. The Morgan fingerprint density at radius 3 is 3.00 bits per heavy atom. The molecule has 1 aliphatic heterocycles. The minimum absolute atomic E-state index is 0.167. The average molecular weight is 287 g/mol. The van der Waals surface area contributed by atoms with Crippen molar-refractivity contribution in [3.05, 3.63) is 29.8 Å². The maximum Gasteiger partial charge on any atom is 0.307 e. The SMILES string of the molecule is N#Cc1cccc(NC(=O)CN2CCCC(C(=O)O)C2)c1. The molecule has 0 saturated carbocycles. The van der Waals surface area contributed by atoms with Gasteiger partial charge >= 0.3 is 5.97 Å². The van der Waals surface area contributed by atoms with Crippen LogP contribution in [0.3, 0.4) is 0 Å². The minimum Gasteiger partial charge on any atom is -0.481 e. The number of piperidine rings is 1. The molecule has 1 heterocycles. The highest BCUT2D eigenvalue weighted by molar-refractivity contribution is 5.92. The molecule has 1 aromatic rings. The topological polar surface area (TPSA) is 93.4 Å². The van der Waals surface area contributed by atoms with Crippen LogP contribution in [0.15, 0.2) is 24.3 Å². The van der Waals surface area contributed by atoms with E-state index in [1.807, 2.05) is 11.0 Å². The Hall–Kier alpha value is -2.39. The van der Waals surface area contributed by atoms with Crippen molar-refractivity contribution in [2.75, 3.05) is 25.0 Å². The number of nitrogens with one attached hydrogen (secondary N) is 1. The monoisotopic (exact) mass is 287 g/mol. The first-order valence-corrected chi connectivity index (χ1v) is 6.83. The number of carbonyl (C=O) groups is 2. The van der Waals surface area contributed by atoms with Crippen molar-refractivity contribution in [3.63, 3.8) is 0 Å². The van der Waals surface area contributed by atoms with Gasteiger partial charge in [-0.15, -0.1) is 0 Å². The lowest BCUT2D eigenvalue weighted by Gasteiger charge is -2.29. The molecule has 1 saturated heterocycles. The van der Waals surface area contributed by atoms with Gasteiger partial charge in [0, 0.05) is 12.2 Å². The highest BCUT2D eigenvalue weighted by atomic mass is 16.4. The molecule has 1 aromatic carbocycles. The van der Waals surface area contributed by atoms with E-state index in [-0.39, 0.29) is 12.5 Å². The van der Waals surface area contributed by atoms with E-state index in [1.165, 1.54) is 0 Å². The van der Waals surface area contributed by atoms with Crippen molar-refractivity contribution in [2.24, 2.45) is 5.92 Å². The fourth-order valence-corrected chi connectivity index (χ4v) is 2.47. The summed E-state index contributed by atoms with van der Waals surface area (Å²) in [5.41, 5.74) is 1.06. The van der Waals surface area contributed by atoms with E-state index in [0.29, 0.717) is 24.2 Å². The summed E-state index contributed by atoms with van der Waals surface area (Å²) in [7, 11) is 0. The molecule has 2 N–H and O–H groups in total. The summed E-state index contributed by atoms with van der Waals surface area (Å²) in [4.78, 5) is 24.8. The average Bonchev–Trinajstić information content (AvgIpc) is 2.47. The molecule has 0 bridgehead atoms. The van der Waals surface area contributed by atoms with E-state index in [1.54, 1.807) is 24.3 Å². The Morgan fingerprint density at radius 1 is 1.48 bits per heavy atom. The van der Waals surface area contributed by atoms with Gasteiger partial charge in [0.05, 0.1) is 24.1 Å². The predicted molar refractivity (Wildman–Crippen MR) is 76.6 cm³/mol. The van der Waals surface area contributed by atoms with Crippen LogP contribution in [-0.2, 0) is 9.59 Å². The summed E-state index contributed by atoms with van der Waals surface area (Å²) in [5, 5.41) is 20.6. The molecule has 2 rings (SSSR count). The third kappa shape index (κ3) is 4.29. The maximum atomic E-state index is 12.0. The van der Waals surface area contributed by atoms with Crippen LogP contribution in [0.25, 0.3) is 0 Å². The molecule has 0 radical (unpaired) electrons. The number of hydrogen-bond donors (Lipinski definition) is 2. The van der Waals surface area contributed by atoms with Gasteiger partial charge in [0.25, 0.3) is 0 Å². The maximum absolute atomic E-state index is 12.0. The van der Waals surface area contributed by atoms with Gasteiger partial charge in [0.15, 0.2) is 0 Å². The van der Waals surface area contributed by atoms with Gasteiger partial charge in [-0.3, -0.25) is 14.5 Å². The molecule has 1 unspecified atom stereocenters. The molecule has 0 aliphatic carbocycles. The predicted octanol–water partition coefficient (Wildman–Crippen LogP) is 1.29. The van der Waals surface area contributed by atoms with Crippen molar-refractivity contribution in [3.8, 4) is 6.07 Å². The van der Waals surface area contributed by atoms with Crippen molar-refractivity contribution in [2.45, 2.75) is 12.8 Å². The van der Waals surface area contributed by atoms with Gasteiger partial charge in [0.2, 0.25) is 5.91 Å². The molecule has 1 aliphatic rings. The lowest BCUT2D eigenvalue weighted by molar-refractivity contribution is -0.144. The molecular formula is C15H17N3O3. The molecule has 1 amide bonds. The Bertz CT molecular complexity index is 580. The van der Waals surface area contributed by atoms with Crippen molar-refractivity contribution in [1.82, 2.24) is 4.90 Å². The number of hydrogen-bond acceptors (Lipinski definition) is 4. The zero-order chi connectivity index (χ0) is 15.2. The highest BCUT2D eigenvalue weighted by Crippen LogP contribution is 2.16. The first-order valence-electron chi connectivity index (χ1n) is 6.83. The van der Waals surface area contributed by atoms with Crippen molar-refractivity contribution in [1.29, 1.82) is 5.26 Å². The molecule has 6 nitrogen and oxygen atoms in total. The third-order valence-electron chi connectivity index (χ3n) is 3.50. The van der Waals surface area contributed by atoms with E-state index in [9.17, 15) is 9.59 Å². The normalized spacial score (nSPS) is 18.7. The smallest absolute Gasteiger partial charge is 0.307 e. The van der Waals surface area contributed by atoms with Crippen LogP contribution in [-0.4, -0.2) is 41.5 Å². The number of likely N-dealkylation sites (tertiary alicyclic amines) is 1. The van der Waals surface area contributed by atoms with Crippen LogP contribution in [0.5, 0.6) is 0 Å². The molecule has 6 heteroatoms.